The third-order valence-electron chi connectivity index (χ3n) is 3.17. The van der Waals surface area contributed by atoms with Gasteiger partial charge in [-0.2, -0.15) is 0 Å². The number of nitrogens with zero attached hydrogens (tertiary/aromatic N) is 3. The minimum Gasteiger partial charge on any atom is -0.339 e. The summed E-state index contributed by atoms with van der Waals surface area (Å²) in [6.07, 6.45) is 3.34. The van der Waals surface area contributed by atoms with Crippen molar-refractivity contribution in [2.24, 2.45) is 0 Å². The van der Waals surface area contributed by atoms with Gasteiger partial charge in [0.05, 0.1) is 11.6 Å². The summed E-state index contributed by atoms with van der Waals surface area (Å²) in [6, 6.07) is 1.88. The molecule has 1 aliphatic rings. The number of aromatic nitrogens is 1. The molecule has 21 heavy (non-hydrogen) atoms. The van der Waals surface area contributed by atoms with Crippen molar-refractivity contribution in [3.63, 3.8) is 0 Å². The highest BCUT2D eigenvalue weighted by Gasteiger charge is 2.17. The smallest absolute Gasteiger partial charge is 0.236 e. The van der Waals surface area contributed by atoms with Gasteiger partial charge in [-0.1, -0.05) is 11.6 Å². The van der Waals surface area contributed by atoms with Crippen LogP contribution >= 0.6 is 36.4 Å². The summed E-state index contributed by atoms with van der Waals surface area (Å²) < 4.78 is 0. The summed E-state index contributed by atoms with van der Waals surface area (Å²) in [6.45, 7) is 4.42. The molecule has 1 saturated heterocycles. The van der Waals surface area contributed by atoms with Crippen LogP contribution in [0.3, 0.4) is 0 Å². The predicted octanol–water partition coefficient (Wildman–Crippen LogP) is 1.44. The number of carbonyl (C=O) groups excluding carboxylic acids is 1. The zero-order valence-electron chi connectivity index (χ0n) is 11.9. The molecular formula is C13H21Cl3N4O. The Kier molecular flexibility index (Phi) is 9.90. The van der Waals surface area contributed by atoms with Gasteiger partial charge in [0.15, 0.2) is 0 Å². The van der Waals surface area contributed by atoms with Crippen molar-refractivity contribution in [3.8, 4) is 0 Å². The van der Waals surface area contributed by atoms with E-state index in [1.165, 1.54) is 0 Å². The van der Waals surface area contributed by atoms with Crippen LogP contribution in [0.15, 0.2) is 18.5 Å². The molecule has 1 aliphatic heterocycles. The Bertz CT molecular complexity index is 441. The van der Waals surface area contributed by atoms with E-state index >= 15 is 0 Å². The molecule has 1 aromatic heterocycles. The van der Waals surface area contributed by atoms with Gasteiger partial charge in [0, 0.05) is 45.1 Å². The van der Waals surface area contributed by atoms with E-state index in [-0.39, 0.29) is 30.7 Å². The Morgan fingerprint density at radius 1 is 1.43 bits per heavy atom. The minimum atomic E-state index is 0. The number of likely N-dealkylation sites (N-methyl/N-ethyl adjacent to an activating group) is 1. The molecule has 0 saturated carbocycles. The van der Waals surface area contributed by atoms with Crippen LogP contribution in [-0.4, -0.2) is 60.5 Å². The molecule has 0 unspecified atom stereocenters. The zero-order valence-corrected chi connectivity index (χ0v) is 14.3. The number of piperazine rings is 1. The molecule has 120 valence electrons. The van der Waals surface area contributed by atoms with Gasteiger partial charge in [0.25, 0.3) is 0 Å². The van der Waals surface area contributed by atoms with Crippen LogP contribution in [-0.2, 0) is 11.3 Å². The average Bonchev–Trinajstić information content (AvgIpc) is 2.42. The Balaban J connectivity index is 0.00000200. The van der Waals surface area contributed by atoms with Gasteiger partial charge < -0.3 is 10.2 Å². The van der Waals surface area contributed by atoms with Crippen LogP contribution in [0.5, 0.6) is 0 Å². The van der Waals surface area contributed by atoms with E-state index in [1.54, 1.807) is 12.4 Å². The van der Waals surface area contributed by atoms with Crippen molar-refractivity contribution >= 4 is 42.3 Å². The third-order valence-corrected chi connectivity index (χ3v) is 3.51. The van der Waals surface area contributed by atoms with Gasteiger partial charge in [0.2, 0.25) is 5.91 Å². The number of pyridine rings is 1. The molecule has 1 fully saturated rings. The molecular weight excluding hydrogens is 335 g/mol. The van der Waals surface area contributed by atoms with Gasteiger partial charge in [-0.05, 0) is 18.7 Å². The summed E-state index contributed by atoms with van der Waals surface area (Å²) in [4.78, 5) is 19.9. The zero-order chi connectivity index (χ0) is 13.7. The first-order valence-corrected chi connectivity index (χ1v) is 6.80. The summed E-state index contributed by atoms with van der Waals surface area (Å²) in [7, 11) is 1.93. The van der Waals surface area contributed by atoms with Crippen molar-refractivity contribution in [2.75, 3.05) is 39.8 Å². The van der Waals surface area contributed by atoms with Gasteiger partial charge in [-0.15, -0.1) is 24.8 Å². The van der Waals surface area contributed by atoms with Crippen LogP contribution < -0.4 is 5.32 Å². The van der Waals surface area contributed by atoms with E-state index in [0.29, 0.717) is 18.1 Å². The first-order valence-electron chi connectivity index (χ1n) is 6.42. The van der Waals surface area contributed by atoms with Crippen molar-refractivity contribution in [1.29, 1.82) is 0 Å². The lowest BCUT2D eigenvalue weighted by Gasteiger charge is -2.29. The minimum absolute atomic E-state index is 0. The summed E-state index contributed by atoms with van der Waals surface area (Å²) in [5.41, 5.74) is 0.993. The summed E-state index contributed by atoms with van der Waals surface area (Å²) >= 11 is 6.06. The lowest BCUT2D eigenvalue weighted by molar-refractivity contribution is -0.132. The maximum Gasteiger partial charge on any atom is 0.236 e. The van der Waals surface area contributed by atoms with Crippen molar-refractivity contribution < 1.29 is 4.79 Å². The first-order chi connectivity index (χ1) is 9.16. The molecule has 0 aliphatic carbocycles. The van der Waals surface area contributed by atoms with E-state index < -0.39 is 0 Å². The van der Waals surface area contributed by atoms with Crippen LogP contribution in [0.25, 0.3) is 0 Å². The quantitative estimate of drug-likeness (QED) is 0.888. The van der Waals surface area contributed by atoms with Crippen LogP contribution in [0, 0.1) is 0 Å². The average molecular weight is 356 g/mol. The molecule has 0 spiro atoms. The molecule has 2 heterocycles. The van der Waals surface area contributed by atoms with Crippen molar-refractivity contribution in [2.45, 2.75) is 6.54 Å². The second-order valence-corrected chi connectivity index (χ2v) is 5.18. The summed E-state index contributed by atoms with van der Waals surface area (Å²) in [5.74, 6) is 0.175. The van der Waals surface area contributed by atoms with Crippen molar-refractivity contribution in [3.05, 3.63) is 29.0 Å². The second kappa shape index (κ2) is 10.2. The maximum absolute atomic E-state index is 12.1. The number of hydrogen-bond donors (Lipinski definition) is 1. The number of rotatable bonds is 4. The van der Waals surface area contributed by atoms with Crippen LogP contribution in [0.4, 0.5) is 0 Å². The fraction of sp³-hybridized carbons (Fsp3) is 0.538. The SMILES string of the molecule is CN(CC(=O)N1CCNCC1)Cc1ccncc1Cl.Cl.Cl. The number of nitrogens with one attached hydrogen (secondary N) is 1. The second-order valence-electron chi connectivity index (χ2n) is 4.77. The fourth-order valence-corrected chi connectivity index (χ4v) is 2.30. The fourth-order valence-electron chi connectivity index (χ4n) is 2.12. The van der Waals surface area contributed by atoms with Crippen molar-refractivity contribution in [1.82, 2.24) is 20.1 Å². The molecule has 2 rings (SSSR count). The molecule has 5 nitrogen and oxygen atoms in total. The predicted molar refractivity (Wildman–Crippen MR) is 89.5 cm³/mol. The number of halogens is 3. The molecule has 0 radical (unpaired) electrons. The standard InChI is InChI=1S/C13H19ClN4O.2ClH/c1-17(9-11-2-3-16-8-12(11)14)10-13(19)18-6-4-15-5-7-18;;/h2-3,8,15H,4-7,9-10H2,1H3;2*1H. The first kappa shape index (κ1) is 20.4. The molecule has 0 atom stereocenters. The topological polar surface area (TPSA) is 48.5 Å². The highest BCUT2D eigenvalue weighted by Crippen LogP contribution is 2.14. The Morgan fingerprint density at radius 2 is 2.10 bits per heavy atom. The van der Waals surface area contributed by atoms with Crippen LogP contribution in [0.1, 0.15) is 5.56 Å². The molecule has 1 N–H and O–H groups in total. The molecule has 0 bridgehead atoms. The number of hydrogen-bond acceptors (Lipinski definition) is 4. The van der Waals surface area contributed by atoms with Gasteiger partial charge >= 0.3 is 0 Å². The van der Waals surface area contributed by atoms with E-state index in [0.717, 1.165) is 31.7 Å². The Morgan fingerprint density at radius 3 is 2.71 bits per heavy atom. The lowest BCUT2D eigenvalue weighted by atomic mass is 10.2. The van der Waals surface area contributed by atoms with E-state index in [2.05, 4.69) is 10.3 Å². The monoisotopic (exact) mass is 354 g/mol. The van der Waals surface area contributed by atoms with Crippen LogP contribution in [0.2, 0.25) is 5.02 Å². The Hall–Kier alpha value is -0.590. The number of carbonyl (C=O) groups is 1. The highest BCUT2D eigenvalue weighted by atomic mass is 35.5. The largest absolute Gasteiger partial charge is 0.339 e. The van der Waals surface area contributed by atoms with Gasteiger partial charge in [-0.25, -0.2) is 0 Å². The highest BCUT2D eigenvalue weighted by molar-refractivity contribution is 6.31. The normalized spacial score (nSPS) is 14.3. The van der Waals surface area contributed by atoms with E-state index in [4.69, 9.17) is 11.6 Å². The number of amides is 1. The lowest BCUT2D eigenvalue weighted by Crippen LogP contribution is -2.49. The molecule has 1 aromatic rings. The van der Waals surface area contributed by atoms with Gasteiger partial charge in [-0.3, -0.25) is 14.7 Å². The molecule has 0 aromatic carbocycles. The maximum atomic E-state index is 12.1. The molecule has 1 amide bonds. The molecule has 8 heteroatoms. The summed E-state index contributed by atoms with van der Waals surface area (Å²) in [5, 5.41) is 3.88. The van der Waals surface area contributed by atoms with Gasteiger partial charge in [0.1, 0.15) is 0 Å². The Labute approximate surface area is 142 Å². The van der Waals surface area contributed by atoms with E-state index in [9.17, 15) is 4.79 Å². The van der Waals surface area contributed by atoms with E-state index in [1.807, 2.05) is 22.9 Å². The third kappa shape index (κ3) is 6.36.